The molecule has 0 amide bonds. The summed E-state index contributed by atoms with van der Waals surface area (Å²) in [4.78, 5) is 11.6. The molecule has 3 N–H and O–H groups in total. The van der Waals surface area contributed by atoms with Crippen LogP contribution in [0, 0.1) is 5.92 Å². The number of nitrogen functional groups attached to an aromatic ring is 1. The van der Waals surface area contributed by atoms with Crippen LogP contribution >= 0.6 is 0 Å². The highest BCUT2D eigenvalue weighted by molar-refractivity contribution is 5.88. The molecule has 3 nitrogen and oxygen atoms in total. The van der Waals surface area contributed by atoms with E-state index in [0.717, 1.165) is 11.1 Å². The van der Waals surface area contributed by atoms with Gasteiger partial charge in [0.25, 0.3) is 0 Å². The second-order valence-electron chi connectivity index (χ2n) is 6.43. The largest absolute Gasteiger partial charge is 0.481 e. The Morgan fingerprint density at radius 2 is 2.00 bits per heavy atom. The van der Waals surface area contributed by atoms with Gasteiger partial charge in [-0.25, -0.2) is 0 Å². The molecule has 1 aliphatic rings. The molecular weight excluding hydrogens is 226 g/mol. The molecule has 1 aromatic rings. The van der Waals surface area contributed by atoms with Crippen LogP contribution in [0.5, 0.6) is 0 Å². The van der Waals surface area contributed by atoms with Crippen molar-refractivity contribution in [2.45, 2.75) is 44.9 Å². The third-order valence-electron chi connectivity index (χ3n) is 4.09. The third-order valence-corrected chi connectivity index (χ3v) is 4.09. The van der Waals surface area contributed by atoms with E-state index in [4.69, 9.17) is 5.73 Å². The van der Waals surface area contributed by atoms with Crippen LogP contribution in [0.15, 0.2) is 18.2 Å². The summed E-state index contributed by atoms with van der Waals surface area (Å²) in [5.74, 6) is -0.597. The molecule has 1 saturated carbocycles. The lowest BCUT2D eigenvalue weighted by atomic mass is 9.82. The van der Waals surface area contributed by atoms with Crippen molar-refractivity contribution in [1.82, 2.24) is 0 Å². The van der Waals surface area contributed by atoms with Gasteiger partial charge in [0, 0.05) is 5.69 Å². The number of benzene rings is 1. The van der Waals surface area contributed by atoms with Gasteiger partial charge >= 0.3 is 5.97 Å². The molecule has 2 rings (SSSR count). The smallest absolute Gasteiger partial charge is 0.314 e. The summed E-state index contributed by atoms with van der Waals surface area (Å²) in [5, 5.41) is 9.49. The van der Waals surface area contributed by atoms with E-state index in [-0.39, 0.29) is 11.3 Å². The minimum Gasteiger partial charge on any atom is -0.481 e. The van der Waals surface area contributed by atoms with Gasteiger partial charge in [0.05, 0.1) is 5.41 Å². The number of anilines is 1. The van der Waals surface area contributed by atoms with Crippen molar-refractivity contribution < 1.29 is 9.90 Å². The Balaban J connectivity index is 2.55. The fourth-order valence-electron chi connectivity index (χ4n) is 2.62. The minimum absolute atomic E-state index is 0.000269. The van der Waals surface area contributed by atoms with Gasteiger partial charge in [-0.3, -0.25) is 4.79 Å². The first kappa shape index (κ1) is 12.9. The Kier molecular flexibility index (Phi) is 2.69. The van der Waals surface area contributed by atoms with Crippen LogP contribution in [-0.4, -0.2) is 11.1 Å². The number of rotatable bonds is 2. The summed E-state index contributed by atoms with van der Waals surface area (Å²) < 4.78 is 0. The van der Waals surface area contributed by atoms with Crippen molar-refractivity contribution in [3.8, 4) is 0 Å². The van der Waals surface area contributed by atoms with Gasteiger partial charge in [-0.1, -0.05) is 39.8 Å². The lowest BCUT2D eigenvalue weighted by Crippen LogP contribution is -2.24. The SMILES string of the molecule is CC1CC1(C(=O)O)c1cc(C(C)(C)C)ccc1N. The van der Waals surface area contributed by atoms with Crippen molar-refractivity contribution >= 4 is 11.7 Å². The molecule has 0 heterocycles. The standard InChI is InChI=1S/C15H21NO2/c1-9-8-15(9,13(17)18)11-7-10(14(2,3)4)5-6-12(11)16/h5-7,9H,8,16H2,1-4H3,(H,17,18). The normalized spacial score (nSPS) is 27.0. The molecule has 98 valence electrons. The summed E-state index contributed by atoms with van der Waals surface area (Å²) in [7, 11) is 0. The van der Waals surface area contributed by atoms with E-state index < -0.39 is 11.4 Å². The van der Waals surface area contributed by atoms with Gasteiger partial charge in [-0.15, -0.1) is 0 Å². The van der Waals surface area contributed by atoms with Gasteiger partial charge in [-0.2, -0.15) is 0 Å². The molecule has 2 atom stereocenters. The molecule has 0 aliphatic heterocycles. The maximum absolute atomic E-state index is 11.6. The number of hydrogen-bond donors (Lipinski definition) is 2. The Labute approximate surface area is 108 Å². The minimum atomic E-state index is -0.759. The summed E-state index contributed by atoms with van der Waals surface area (Å²) >= 11 is 0. The quantitative estimate of drug-likeness (QED) is 0.790. The van der Waals surface area contributed by atoms with Crippen LogP contribution in [0.2, 0.25) is 0 Å². The Hall–Kier alpha value is -1.51. The predicted molar refractivity (Wildman–Crippen MR) is 72.6 cm³/mol. The Morgan fingerprint density at radius 3 is 2.39 bits per heavy atom. The molecule has 0 spiro atoms. The lowest BCUT2D eigenvalue weighted by molar-refractivity contribution is -0.140. The van der Waals surface area contributed by atoms with E-state index in [1.165, 1.54) is 0 Å². The predicted octanol–water partition coefficient (Wildman–Crippen LogP) is 2.93. The highest BCUT2D eigenvalue weighted by atomic mass is 16.4. The summed E-state index contributed by atoms with van der Waals surface area (Å²) in [6, 6.07) is 5.81. The van der Waals surface area contributed by atoms with Crippen molar-refractivity contribution in [3.63, 3.8) is 0 Å². The third kappa shape index (κ3) is 1.78. The van der Waals surface area contributed by atoms with E-state index in [0.29, 0.717) is 12.1 Å². The van der Waals surface area contributed by atoms with E-state index in [1.54, 1.807) is 0 Å². The van der Waals surface area contributed by atoms with Crippen molar-refractivity contribution in [3.05, 3.63) is 29.3 Å². The fourth-order valence-corrected chi connectivity index (χ4v) is 2.62. The zero-order valence-electron chi connectivity index (χ0n) is 11.4. The molecule has 1 aliphatic carbocycles. The highest BCUT2D eigenvalue weighted by Gasteiger charge is 2.59. The molecule has 1 aromatic carbocycles. The lowest BCUT2D eigenvalue weighted by Gasteiger charge is -2.23. The number of carboxylic acid groups (broad SMARTS) is 1. The van der Waals surface area contributed by atoms with E-state index in [2.05, 4.69) is 20.8 Å². The van der Waals surface area contributed by atoms with Crippen LogP contribution in [0.4, 0.5) is 5.69 Å². The Bertz CT molecular complexity index is 502. The first-order valence-electron chi connectivity index (χ1n) is 6.33. The summed E-state index contributed by atoms with van der Waals surface area (Å²) in [6.45, 7) is 8.32. The average molecular weight is 247 g/mol. The van der Waals surface area contributed by atoms with Gasteiger partial charge in [0.2, 0.25) is 0 Å². The second kappa shape index (κ2) is 3.74. The van der Waals surface area contributed by atoms with Crippen LogP contribution in [0.3, 0.4) is 0 Å². The van der Waals surface area contributed by atoms with Crippen LogP contribution in [0.1, 0.15) is 45.2 Å². The first-order chi connectivity index (χ1) is 8.19. The molecule has 0 aromatic heterocycles. The van der Waals surface area contributed by atoms with Crippen molar-refractivity contribution in [1.29, 1.82) is 0 Å². The zero-order valence-corrected chi connectivity index (χ0v) is 11.4. The molecular formula is C15H21NO2. The first-order valence-corrected chi connectivity index (χ1v) is 6.33. The fraction of sp³-hybridized carbons (Fsp3) is 0.533. The zero-order chi connectivity index (χ0) is 13.7. The molecule has 18 heavy (non-hydrogen) atoms. The van der Waals surface area contributed by atoms with Gasteiger partial charge < -0.3 is 10.8 Å². The van der Waals surface area contributed by atoms with Crippen LogP contribution in [-0.2, 0) is 15.6 Å². The summed E-state index contributed by atoms with van der Waals surface area (Å²) in [6.07, 6.45) is 0.681. The molecule has 0 radical (unpaired) electrons. The van der Waals surface area contributed by atoms with Crippen LogP contribution < -0.4 is 5.73 Å². The average Bonchev–Trinajstić information content (AvgIpc) is 2.90. The summed E-state index contributed by atoms with van der Waals surface area (Å²) in [5.41, 5.74) is 7.75. The van der Waals surface area contributed by atoms with Gasteiger partial charge in [-0.05, 0) is 34.9 Å². The number of nitrogens with two attached hydrogens (primary N) is 1. The van der Waals surface area contributed by atoms with Crippen molar-refractivity contribution in [2.24, 2.45) is 5.92 Å². The molecule has 2 unspecified atom stereocenters. The van der Waals surface area contributed by atoms with E-state index in [1.807, 2.05) is 25.1 Å². The van der Waals surface area contributed by atoms with Crippen molar-refractivity contribution in [2.75, 3.05) is 5.73 Å². The van der Waals surface area contributed by atoms with E-state index in [9.17, 15) is 9.90 Å². The molecule has 3 heteroatoms. The number of carbonyl (C=O) groups is 1. The maximum Gasteiger partial charge on any atom is 0.314 e. The Morgan fingerprint density at radius 1 is 1.44 bits per heavy atom. The topological polar surface area (TPSA) is 63.3 Å². The second-order valence-corrected chi connectivity index (χ2v) is 6.43. The molecule has 0 bridgehead atoms. The molecule has 0 saturated heterocycles. The van der Waals surface area contributed by atoms with Gasteiger partial charge in [0.15, 0.2) is 0 Å². The number of aliphatic carboxylic acids is 1. The van der Waals surface area contributed by atoms with Crippen LogP contribution in [0.25, 0.3) is 0 Å². The highest BCUT2D eigenvalue weighted by Crippen LogP contribution is 2.56. The molecule has 1 fully saturated rings. The maximum atomic E-state index is 11.6. The monoisotopic (exact) mass is 247 g/mol. The number of hydrogen-bond acceptors (Lipinski definition) is 2. The number of carboxylic acids is 1. The van der Waals surface area contributed by atoms with E-state index >= 15 is 0 Å². The van der Waals surface area contributed by atoms with Gasteiger partial charge in [0.1, 0.15) is 0 Å².